The first kappa shape index (κ1) is 22.7. The van der Waals surface area contributed by atoms with Gasteiger partial charge in [-0.05, 0) is 88.0 Å². The lowest BCUT2D eigenvalue weighted by molar-refractivity contribution is -0.141. The van der Waals surface area contributed by atoms with Crippen LogP contribution >= 0.6 is 27.5 Å². The van der Waals surface area contributed by atoms with Crippen LogP contribution in [0, 0.1) is 11.7 Å². The highest BCUT2D eigenvalue weighted by Crippen LogP contribution is 2.45. The summed E-state index contributed by atoms with van der Waals surface area (Å²) in [6.45, 7) is 0.233. The maximum atomic E-state index is 14.4. The largest absolute Gasteiger partial charge is 0.497 e. The first-order chi connectivity index (χ1) is 15.5. The second kappa shape index (κ2) is 10.0. The fraction of sp³-hybridized carbons (Fsp3) is 0.333. The van der Waals surface area contributed by atoms with Crippen molar-refractivity contribution in [1.82, 2.24) is 4.37 Å². The number of esters is 1. The van der Waals surface area contributed by atoms with Crippen LogP contribution in [-0.4, -0.2) is 24.6 Å². The molecule has 1 aromatic heterocycles. The van der Waals surface area contributed by atoms with Gasteiger partial charge < -0.3 is 14.2 Å². The fourth-order valence-corrected chi connectivity index (χ4v) is 5.23. The van der Waals surface area contributed by atoms with Crippen molar-refractivity contribution in [3.63, 3.8) is 0 Å². The molecular formula is C24H23BrFNO4S. The van der Waals surface area contributed by atoms with Gasteiger partial charge in [-0.2, -0.15) is 4.37 Å². The lowest BCUT2D eigenvalue weighted by Gasteiger charge is -2.16. The van der Waals surface area contributed by atoms with Crippen molar-refractivity contribution in [2.45, 2.75) is 31.8 Å². The van der Waals surface area contributed by atoms with Crippen LogP contribution in [0.1, 0.15) is 36.4 Å². The third-order valence-electron chi connectivity index (χ3n) is 5.59. The summed E-state index contributed by atoms with van der Waals surface area (Å²) in [6.07, 6.45) is 2.63. The van der Waals surface area contributed by atoms with Crippen molar-refractivity contribution in [3.05, 3.63) is 64.0 Å². The summed E-state index contributed by atoms with van der Waals surface area (Å²) >= 11 is 4.75. The molecule has 1 aliphatic rings. The summed E-state index contributed by atoms with van der Waals surface area (Å²) < 4.78 is 35.6. The monoisotopic (exact) mass is 519 g/mol. The Morgan fingerprint density at radius 2 is 2.03 bits per heavy atom. The standard InChI is InChI=1S/C24H23BrFNO4S/c1-29-16-8-9-20(26)19(11-16)24-23(25)21(27-32-24)13-31-17-5-3-4-15(10-17)18(14-6-7-14)12-22(28)30-2/h3-5,8-11,14,18H,6-7,12-13H2,1-2H3/t18-/m0/s1. The van der Waals surface area contributed by atoms with Gasteiger partial charge in [-0.15, -0.1) is 0 Å². The number of rotatable bonds is 9. The number of carbonyl (C=O) groups excluding carboxylic acids is 1. The molecule has 8 heteroatoms. The van der Waals surface area contributed by atoms with Crippen molar-refractivity contribution >= 4 is 33.4 Å². The maximum Gasteiger partial charge on any atom is 0.306 e. The number of ether oxygens (including phenoxy) is 3. The van der Waals surface area contributed by atoms with Crippen LogP contribution in [0.5, 0.6) is 11.5 Å². The second-order valence-electron chi connectivity index (χ2n) is 7.70. The zero-order valence-corrected chi connectivity index (χ0v) is 20.2. The van der Waals surface area contributed by atoms with Gasteiger partial charge in [0.05, 0.1) is 30.0 Å². The van der Waals surface area contributed by atoms with Gasteiger partial charge in [-0.3, -0.25) is 4.79 Å². The molecule has 32 heavy (non-hydrogen) atoms. The minimum Gasteiger partial charge on any atom is -0.497 e. The molecule has 0 radical (unpaired) electrons. The van der Waals surface area contributed by atoms with E-state index >= 15 is 0 Å². The van der Waals surface area contributed by atoms with Crippen LogP contribution in [0.4, 0.5) is 4.39 Å². The number of methoxy groups -OCH3 is 2. The van der Waals surface area contributed by atoms with E-state index in [9.17, 15) is 9.18 Å². The summed E-state index contributed by atoms with van der Waals surface area (Å²) in [4.78, 5) is 12.5. The topological polar surface area (TPSA) is 57.7 Å². The Balaban J connectivity index is 1.49. The predicted octanol–water partition coefficient (Wildman–Crippen LogP) is 6.36. The van der Waals surface area contributed by atoms with Gasteiger partial charge in [-0.1, -0.05) is 12.1 Å². The molecule has 0 amide bonds. The van der Waals surface area contributed by atoms with Crippen LogP contribution in [0.15, 0.2) is 46.9 Å². The smallest absolute Gasteiger partial charge is 0.306 e. The molecule has 5 nitrogen and oxygen atoms in total. The number of benzene rings is 2. The van der Waals surface area contributed by atoms with Crippen molar-refractivity contribution in [3.8, 4) is 21.9 Å². The van der Waals surface area contributed by atoms with E-state index < -0.39 is 0 Å². The van der Waals surface area contributed by atoms with E-state index in [1.165, 1.54) is 24.7 Å². The summed E-state index contributed by atoms with van der Waals surface area (Å²) in [6, 6.07) is 12.4. The molecule has 0 N–H and O–H groups in total. The van der Waals surface area contributed by atoms with Crippen molar-refractivity contribution in [2.75, 3.05) is 14.2 Å². The summed E-state index contributed by atoms with van der Waals surface area (Å²) in [5.74, 6) is 1.39. The number of nitrogens with zero attached hydrogens (tertiary/aromatic N) is 1. The molecule has 0 saturated heterocycles. The first-order valence-corrected chi connectivity index (χ1v) is 11.8. The SMILES string of the molecule is COC(=O)C[C@H](c1cccc(OCc2nsc(-c3cc(OC)ccc3F)c2Br)c1)C1CC1. The molecule has 1 atom stereocenters. The van der Waals surface area contributed by atoms with E-state index in [1.807, 2.05) is 24.3 Å². The Morgan fingerprint density at radius 3 is 2.75 bits per heavy atom. The molecule has 3 aromatic rings. The Hall–Kier alpha value is -2.45. The van der Waals surface area contributed by atoms with Gasteiger partial charge >= 0.3 is 5.97 Å². The van der Waals surface area contributed by atoms with Gasteiger partial charge in [0.1, 0.15) is 29.6 Å². The Labute approximate surface area is 198 Å². The third-order valence-corrected chi connectivity index (χ3v) is 7.62. The molecular weight excluding hydrogens is 497 g/mol. The number of hydrogen-bond acceptors (Lipinski definition) is 6. The van der Waals surface area contributed by atoms with E-state index in [0.717, 1.165) is 18.4 Å². The minimum absolute atomic E-state index is 0.139. The summed E-state index contributed by atoms with van der Waals surface area (Å²) in [5.41, 5.74) is 2.19. The Morgan fingerprint density at radius 1 is 1.22 bits per heavy atom. The molecule has 168 valence electrons. The lowest BCUT2D eigenvalue weighted by Crippen LogP contribution is -2.10. The van der Waals surface area contributed by atoms with E-state index in [4.69, 9.17) is 14.2 Å². The average Bonchev–Trinajstić information content (AvgIpc) is 3.59. The average molecular weight is 520 g/mol. The highest BCUT2D eigenvalue weighted by Gasteiger charge is 2.34. The molecule has 0 unspecified atom stereocenters. The first-order valence-electron chi connectivity index (χ1n) is 10.3. The molecule has 0 aliphatic heterocycles. The Bertz CT molecular complexity index is 1120. The molecule has 1 heterocycles. The molecule has 0 bridgehead atoms. The molecule has 0 spiro atoms. The van der Waals surface area contributed by atoms with Crippen molar-refractivity contribution in [1.29, 1.82) is 0 Å². The van der Waals surface area contributed by atoms with E-state index in [-0.39, 0.29) is 24.3 Å². The van der Waals surface area contributed by atoms with Crippen LogP contribution in [0.3, 0.4) is 0 Å². The minimum atomic E-state index is -0.341. The maximum absolute atomic E-state index is 14.4. The van der Waals surface area contributed by atoms with Gasteiger partial charge in [0, 0.05) is 5.56 Å². The van der Waals surface area contributed by atoms with Gasteiger partial charge in [0.15, 0.2) is 0 Å². The molecule has 1 saturated carbocycles. The zero-order valence-electron chi connectivity index (χ0n) is 17.8. The quantitative estimate of drug-likeness (QED) is 0.308. The lowest BCUT2D eigenvalue weighted by atomic mass is 9.91. The van der Waals surface area contributed by atoms with E-state index in [0.29, 0.717) is 44.4 Å². The van der Waals surface area contributed by atoms with Crippen molar-refractivity contribution in [2.24, 2.45) is 5.92 Å². The highest BCUT2D eigenvalue weighted by atomic mass is 79.9. The number of aromatic nitrogens is 1. The second-order valence-corrected chi connectivity index (χ2v) is 9.27. The van der Waals surface area contributed by atoms with Gasteiger partial charge in [-0.25, -0.2) is 4.39 Å². The van der Waals surface area contributed by atoms with E-state index in [2.05, 4.69) is 20.3 Å². The third kappa shape index (κ3) is 5.13. The fourth-order valence-electron chi connectivity index (χ4n) is 3.68. The molecule has 4 rings (SSSR count). The van der Waals surface area contributed by atoms with E-state index in [1.54, 1.807) is 19.2 Å². The highest BCUT2D eigenvalue weighted by molar-refractivity contribution is 9.10. The molecule has 2 aromatic carbocycles. The zero-order chi connectivity index (χ0) is 22.7. The van der Waals surface area contributed by atoms with Gasteiger partial charge in [0.2, 0.25) is 0 Å². The number of hydrogen-bond donors (Lipinski definition) is 0. The Kier molecular flexibility index (Phi) is 7.10. The van der Waals surface area contributed by atoms with Crippen molar-refractivity contribution < 1.29 is 23.4 Å². The predicted molar refractivity (Wildman–Crippen MR) is 125 cm³/mol. The normalized spacial score (nSPS) is 14.1. The number of carbonyl (C=O) groups is 1. The summed E-state index contributed by atoms with van der Waals surface area (Å²) in [5, 5.41) is 0. The van der Waals surface area contributed by atoms with Gasteiger partial charge in [0.25, 0.3) is 0 Å². The van der Waals surface area contributed by atoms with Crippen LogP contribution in [0.2, 0.25) is 0 Å². The van der Waals surface area contributed by atoms with Crippen LogP contribution in [-0.2, 0) is 16.1 Å². The summed E-state index contributed by atoms with van der Waals surface area (Å²) in [7, 11) is 2.97. The number of halogens is 2. The van der Waals surface area contributed by atoms with Crippen LogP contribution in [0.25, 0.3) is 10.4 Å². The van der Waals surface area contributed by atoms with Crippen LogP contribution < -0.4 is 9.47 Å². The molecule has 1 aliphatic carbocycles. The molecule has 1 fully saturated rings.